The Labute approximate surface area is 74.8 Å². The zero-order chi connectivity index (χ0) is 9.42. The van der Waals surface area contributed by atoms with Crippen molar-refractivity contribution in [3.05, 3.63) is 29.3 Å². The summed E-state index contributed by atoms with van der Waals surface area (Å²) in [5.74, 6) is -0.811. The number of amides is 1. The van der Waals surface area contributed by atoms with Gasteiger partial charge in [0.1, 0.15) is 5.82 Å². The van der Waals surface area contributed by atoms with Crippen LogP contribution in [0.4, 0.5) is 4.39 Å². The van der Waals surface area contributed by atoms with E-state index in [0.29, 0.717) is 5.69 Å². The van der Waals surface area contributed by atoms with Crippen molar-refractivity contribution in [3.8, 4) is 0 Å². The summed E-state index contributed by atoms with van der Waals surface area (Å²) in [6.07, 6.45) is 3.30. The summed E-state index contributed by atoms with van der Waals surface area (Å²) in [4.78, 5) is 14.6. The molecule has 1 fully saturated rings. The monoisotopic (exact) mass is 180 g/mol. The van der Waals surface area contributed by atoms with Crippen molar-refractivity contribution < 1.29 is 9.18 Å². The predicted molar refractivity (Wildman–Crippen MR) is 44.7 cm³/mol. The van der Waals surface area contributed by atoms with Gasteiger partial charge in [0.05, 0.1) is 11.3 Å². The Kier molecular flexibility index (Phi) is 1.76. The van der Waals surface area contributed by atoms with Crippen LogP contribution in [0.25, 0.3) is 0 Å². The van der Waals surface area contributed by atoms with Gasteiger partial charge in [0.2, 0.25) is 5.91 Å². The van der Waals surface area contributed by atoms with E-state index in [1.54, 1.807) is 0 Å². The summed E-state index contributed by atoms with van der Waals surface area (Å²) in [6, 6.07) is 1.16. The van der Waals surface area contributed by atoms with Crippen molar-refractivity contribution in [2.75, 3.05) is 0 Å². The minimum absolute atomic E-state index is 0.127. The smallest absolute Gasteiger partial charge is 0.250 e. The quantitative estimate of drug-likeness (QED) is 0.743. The molecule has 1 aliphatic rings. The summed E-state index contributed by atoms with van der Waals surface area (Å²) >= 11 is 0. The van der Waals surface area contributed by atoms with Crippen LogP contribution in [0.15, 0.2) is 12.3 Å². The van der Waals surface area contributed by atoms with Crippen LogP contribution in [0.2, 0.25) is 0 Å². The summed E-state index contributed by atoms with van der Waals surface area (Å²) in [5.41, 5.74) is 5.57. The largest absolute Gasteiger partial charge is 0.366 e. The molecular weight excluding hydrogens is 171 g/mol. The van der Waals surface area contributed by atoms with Crippen molar-refractivity contribution in [1.29, 1.82) is 0 Å². The summed E-state index contributed by atoms with van der Waals surface area (Å²) < 4.78 is 13.2. The lowest BCUT2D eigenvalue weighted by Gasteiger charge is -2.00. The normalized spacial score (nSPS) is 15.8. The van der Waals surface area contributed by atoms with Gasteiger partial charge in [0.15, 0.2) is 0 Å². The first-order chi connectivity index (χ1) is 6.18. The number of halogens is 1. The fourth-order valence-electron chi connectivity index (χ4n) is 1.24. The second-order valence-electron chi connectivity index (χ2n) is 3.23. The van der Waals surface area contributed by atoms with E-state index >= 15 is 0 Å². The average Bonchev–Trinajstić information content (AvgIpc) is 2.87. The molecule has 1 aromatic heterocycles. The molecule has 0 aliphatic heterocycles. The predicted octanol–water partition coefficient (Wildman–Crippen LogP) is 1.20. The lowest BCUT2D eigenvalue weighted by Crippen LogP contribution is -2.12. The van der Waals surface area contributed by atoms with Gasteiger partial charge in [0.25, 0.3) is 0 Å². The van der Waals surface area contributed by atoms with Gasteiger partial charge in [-0.1, -0.05) is 0 Å². The first-order valence-corrected chi connectivity index (χ1v) is 4.13. The molecule has 1 aromatic rings. The van der Waals surface area contributed by atoms with E-state index in [1.807, 2.05) is 0 Å². The van der Waals surface area contributed by atoms with Crippen LogP contribution in [0, 0.1) is 5.82 Å². The highest BCUT2D eigenvalue weighted by Crippen LogP contribution is 2.39. The zero-order valence-corrected chi connectivity index (χ0v) is 6.96. The minimum atomic E-state index is -0.645. The number of primary amides is 1. The number of hydrogen-bond acceptors (Lipinski definition) is 2. The van der Waals surface area contributed by atoms with Gasteiger partial charge in [-0.25, -0.2) is 4.39 Å². The number of carbonyl (C=O) groups excluding carboxylic acids is 1. The van der Waals surface area contributed by atoms with E-state index in [9.17, 15) is 9.18 Å². The highest BCUT2D eigenvalue weighted by molar-refractivity contribution is 5.92. The minimum Gasteiger partial charge on any atom is -0.366 e. The molecule has 0 aromatic carbocycles. The van der Waals surface area contributed by atoms with Crippen molar-refractivity contribution in [2.45, 2.75) is 18.8 Å². The van der Waals surface area contributed by atoms with E-state index < -0.39 is 11.7 Å². The Balaban J connectivity index is 2.36. The molecule has 0 spiro atoms. The molecule has 1 aliphatic carbocycles. The molecule has 13 heavy (non-hydrogen) atoms. The lowest BCUT2D eigenvalue weighted by atomic mass is 10.2. The molecule has 68 valence electrons. The van der Waals surface area contributed by atoms with Crippen LogP contribution in [0.1, 0.15) is 34.8 Å². The van der Waals surface area contributed by atoms with E-state index in [2.05, 4.69) is 4.98 Å². The molecule has 1 heterocycles. The number of aromatic nitrogens is 1. The van der Waals surface area contributed by atoms with Crippen molar-refractivity contribution >= 4 is 5.91 Å². The second-order valence-corrected chi connectivity index (χ2v) is 3.23. The SMILES string of the molecule is NC(=O)c1cnc(C2CC2)c(F)c1. The van der Waals surface area contributed by atoms with Crippen LogP contribution < -0.4 is 5.73 Å². The average molecular weight is 180 g/mol. The van der Waals surface area contributed by atoms with Crippen molar-refractivity contribution in [3.63, 3.8) is 0 Å². The maximum absolute atomic E-state index is 13.2. The van der Waals surface area contributed by atoms with Crippen LogP contribution >= 0.6 is 0 Å². The Morgan fingerprint density at radius 1 is 1.62 bits per heavy atom. The van der Waals surface area contributed by atoms with Gasteiger partial charge in [-0.15, -0.1) is 0 Å². The zero-order valence-electron chi connectivity index (χ0n) is 6.96. The number of nitrogens with zero attached hydrogens (tertiary/aromatic N) is 1. The molecule has 2 N–H and O–H groups in total. The first-order valence-electron chi connectivity index (χ1n) is 4.13. The second kappa shape index (κ2) is 2.80. The lowest BCUT2D eigenvalue weighted by molar-refractivity contribution is 0.0999. The maximum atomic E-state index is 13.2. The van der Waals surface area contributed by atoms with Gasteiger partial charge >= 0.3 is 0 Å². The summed E-state index contributed by atoms with van der Waals surface area (Å²) in [7, 11) is 0. The number of hydrogen-bond donors (Lipinski definition) is 1. The number of pyridine rings is 1. The number of rotatable bonds is 2. The van der Waals surface area contributed by atoms with Gasteiger partial charge in [-0.05, 0) is 18.9 Å². The standard InChI is InChI=1S/C9H9FN2O/c10-7-3-6(9(11)13)4-12-8(7)5-1-2-5/h3-5H,1-2H2,(H2,11,13). The third kappa shape index (κ3) is 1.52. The van der Waals surface area contributed by atoms with Crippen molar-refractivity contribution in [1.82, 2.24) is 4.98 Å². The molecular formula is C9H9FN2O. The summed E-state index contributed by atoms with van der Waals surface area (Å²) in [5, 5.41) is 0. The summed E-state index contributed by atoms with van der Waals surface area (Å²) in [6.45, 7) is 0. The molecule has 3 nitrogen and oxygen atoms in total. The fraction of sp³-hybridized carbons (Fsp3) is 0.333. The van der Waals surface area contributed by atoms with E-state index in [-0.39, 0.29) is 11.5 Å². The molecule has 0 saturated heterocycles. The highest BCUT2D eigenvalue weighted by Gasteiger charge is 2.28. The highest BCUT2D eigenvalue weighted by atomic mass is 19.1. The Morgan fingerprint density at radius 2 is 2.31 bits per heavy atom. The molecule has 4 heteroatoms. The molecule has 0 unspecified atom stereocenters. The van der Waals surface area contributed by atoms with Crippen LogP contribution in [-0.2, 0) is 0 Å². The Hall–Kier alpha value is -1.45. The van der Waals surface area contributed by atoms with Gasteiger partial charge < -0.3 is 5.73 Å². The molecule has 0 radical (unpaired) electrons. The number of nitrogens with two attached hydrogens (primary N) is 1. The number of carbonyl (C=O) groups is 1. The van der Waals surface area contributed by atoms with E-state index in [0.717, 1.165) is 18.9 Å². The van der Waals surface area contributed by atoms with Crippen LogP contribution in [-0.4, -0.2) is 10.9 Å². The molecule has 2 rings (SSSR count). The van der Waals surface area contributed by atoms with E-state index in [4.69, 9.17) is 5.73 Å². The van der Waals surface area contributed by atoms with Crippen LogP contribution in [0.3, 0.4) is 0 Å². The van der Waals surface area contributed by atoms with Gasteiger partial charge in [0, 0.05) is 12.1 Å². The first kappa shape index (κ1) is 8.16. The molecule has 0 atom stereocenters. The fourth-order valence-corrected chi connectivity index (χ4v) is 1.24. The third-order valence-electron chi connectivity index (χ3n) is 2.12. The Bertz CT molecular complexity index is 361. The van der Waals surface area contributed by atoms with E-state index in [1.165, 1.54) is 6.20 Å². The van der Waals surface area contributed by atoms with Crippen LogP contribution in [0.5, 0.6) is 0 Å². The third-order valence-corrected chi connectivity index (χ3v) is 2.12. The maximum Gasteiger partial charge on any atom is 0.250 e. The molecule has 1 saturated carbocycles. The van der Waals surface area contributed by atoms with Gasteiger partial charge in [-0.3, -0.25) is 9.78 Å². The molecule has 0 bridgehead atoms. The topological polar surface area (TPSA) is 56.0 Å². The Morgan fingerprint density at radius 3 is 2.77 bits per heavy atom. The molecule has 1 amide bonds. The van der Waals surface area contributed by atoms with Gasteiger partial charge in [-0.2, -0.15) is 0 Å². The van der Waals surface area contributed by atoms with Crippen molar-refractivity contribution in [2.24, 2.45) is 5.73 Å².